The third-order valence-corrected chi connectivity index (χ3v) is 2.34. The topological polar surface area (TPSA) is 74.2 Å². The molecule has 1 N–H and O–H groups in total. The standard InChI is InChI=1S/C12H9ClN4O/c1-8-16-11(6-14)12(18-8)17-15-7-9-2-4-10(13)5-3-9/h2-5,7,17H,1H3/b15-7+. The molecule has 0 saturated carbocycles. The number of rotatable bonds is 3. The Morgan fingerprint density at radius 1 is 1.44 bits per heavy atom. The zero-order valence-electron chi connectivity index (χ0n) is 9.51. The smallest absolute Gasteiger partial charge is 0.252 e. The molecule has 2 rings (SSSR count). The van der Waals surface area contributed by atoms with Crippen molar-refractivity contribution >= 4 is 23.7 Å². The van der Waals surface area contributed by atoms with Gasteiger partial charge in [-0.3, -0.25) is 0 Å². The summed E-state index contributed by atoms with van der Waals surface area (Å²) in [5.74, 6) is 0.649. The van der Waals surface area contributed by atoms with Crippen LogP contribution < -0.4 is 5.43 Å². The SMILES string of the molecule is Cc1nc(C#N)c(N/N=C/c2ccc(Cl)cc2)o1. The maximum absolute atomic E-state index is 8.80. The second kappa shape index (κ2) is 5.34. The molecule has 90 valence electrons. The molecule has 1 aromatic carbocycles. The summed E-state index contributed by atoms with van der Waals surface area (Å²) in [4.78, 5) is 3.88. The molecule has 0 spiro atoms. The van der Waals surface area contributed by atoms with Crippen LogP contribution in [0.5, 0.6) is 0 Å². The molecule has 0 unspecified atom stereocenters. The summed E-state index contributed by atoms with van der Waals surface area (Å²) in [6, 6.07) is 9.09. The van der Waals surface area contributed by atoms with E-state index in [1.54, 1.807) is 25.3 Å². The number of aromatic nitrogens is 1. The van der Waals surface area contributed by atoms with Crippen molar-refractivity contribution in [2.24, 2.45) is 5.10 Å². The fraction of sp³-hybridized carbons (Fsp3) is 0.0833. The van der Waals surface area contributed by atoms with E-state index in [4.69, 9.17) is 21.3 Å². The van der Waals surface area contributed by atoms with Crippen molar-refractivity contribution in [3.05, 3.63) is 46.4 Å². The van der Waals surface area contributed by atoms with Crippen molar-refractivity contribution in [1.82, 2.24) is 4.98 Å². The lowest BCUT2D eigenvalue weighted by Gasteiger charge is -1.95. The largest absolute Gasteiger partial charge is 0.422 e. The molecule has 0 radical (unpaired) electrons. The Balaban J connectivity index is 2.07. The minimum absolute atomic E-state index is 0.181. The average Bonchev–Trinajstić information content (AvgIpc) is 2.72. The van der Waals surface area contributed by atoms with E-state index in [0.29, 0.717) is 10.9 Å². The predicted octanol–water partition coefficient (Wildman–Crippen LogP) is 2.95. The van der Waals surface area contributed by atoms with Gasteiger partial charge in [0, 0.05) is 11.9 Å². The van der Waals surface area contributed by atoms with Gasteiger partial charge >= 0.3 is 0 Å². The number of hydrazone groups is 1. The van der Waals surface area contributed by atoms with Gasteiger partial charge in [0.1, 0.15) is 6.07 Å². The Kier molecular flexibility index (Phi) is 3.60. The van der Waals surface area contributed by atoms with E-state index in [1.807, 2.05) is 18.2 Å². The Bertz CT molecular complexity index is 610. The summed E-state index contributed by atoms with van der Waals surface area (Å²) in [5.41, 5.74) is 3.69. The summed E-state index contributed by atoms with van der Waals surface area (Å²) in [5, 5.41) is 13.4. The molecule has 0 atom stereocenters. The van der Waals surface area contributed by atoms with E-state index in [1.165, 1.54) is 0 Å². The lowest BCUT2D eigenvalue weighted by atomic mass is 10.2. The van der Waals surface area contributed by atoms with Crippen LogP contribution in [0.4, 0.5) is 5.88 Å². The van der Waals surface area contributed by atoms with Crippen LogP contribution in [0.25, 0.3) is 0 Å². The van der Waals surface area contributed by atoms with Gasteiger partial charge in [-0.05, 0) is 17.7 Å². The fourth-order valence-electron chi connectivity index (χ4n) is 1.29. The Labute approximate surface area is 109 Å². The second-order valence-electron chi connectivity index (χ2n) is 3.44. The molecule has 5 nitrogen and oxygen atoms in total. The number of hydrogen-bond donors (Lipinski definition) is 1. The van der Waals surface area contributed by atoms with Gasteiger partial charge in [-0.2, -0.15) is 10.4 Å². The minimum Gasteiger partial charge on any atom is -0.422 e. The number of nitriles is 1. The number of anilines is 1. The zero-order chi connectivity index (χ0) is 13.0. The summed E-state index contributed by atoms with van der Waals surface area (Å²) in [6.45, 7) is 1.66. The van der Waals surface area contributed by atoms with Gasteiger partial charge < -0.3 is 4.42 Å². The summed E-state index contributed by atoms with van der Waals surface area (Å²) in [7, 11) is 0. The third kappa shape index (κ3) is 2.87. The zero-order valence-corrected chi connectivity index (χ0v) is 10.3. The first-order valence-corrected chi connectivity index (χ1v) is 5.49. The Hall–Kier alpha value is -2.32. The quantitative estimate of drug-likeness (QED) is 0.680. The molecule has 0 fully saturated rings. The highest BCUT2D eigenvalue weighted by atomic mass is 35.5. The number of aryl methyl sites for hydroxylation is 1. The van der Waals surface area contributed by atoms with Crippen molar-refractivity contribution < 1.29 is 4.42 Å². The van der Waals surface area contributed by atoms with Crippen molar-refractivity contribution in [3.63, 3.8) is 0 Å². The van der Waals surface area contributed by atoms with Gasteiger partial charge in [-0.15, -0.1) is 0 Å². The molecule has 0 aliphatic rings. The maximum atomic E-state index is 8.80. The molecule has 18 heavy (non-hydrogen) atoms. The maximum Gasteiger partial charge on any atom is 0.252 e. The molecule has 0 bridgehead atoms. The summed E-state index contributed by atoms with van der Waals surface area (Å²) < 4.78 is 5.18. The van der Waals surface area contributed by atoms with Gasteiger partial charge in [0.15, 0.2) is 5.89 Å². The normalized spacial score (nSPS) is 10.5. The molecule has 0 saturated heterocycles. The monoisotopic (exact) mass is 260 g/mol. The number of oxazole rings is 1. The van der Waals surface area contributed by atoms with Crippen LogP contribution in [0.15, 0.2) is 33.8 Å². The Morgan fingerprint density at radius 3 is 2.83 bits per heavy atom. The lowest BCUT2D eigenvalue weighted by Crippen LogP contribution is -1.91. The fourth-order valence-corrected chi connectivity index (χ4v) is 1.42. The van der Waals surface area contributed by atoms with E-state index in [2.05, 4.69) is 15.5 Å². The number of benzene rings is 1. The van der Waals surface area contributed by atoms with Gasteiger partial charge in [0.05, 0.1) is 6.21 Å². The van der Waals surface area contributed by atoms with Crippen molar-refractivity contribution in [3.8, 4) is 6.07 Å². The van der Waals surface area contributed by atoms with Crippen molar-refractivity contribution in [2.45, 2.75) is 6.92 Å². The molecule has 6 heteroatoms. The second-order valence-corrected chi connectivity index (χ2v) is 3.88. The van der Waals surface area contributed by atoms with Gasteiger partial charge in [-0.1, -0.05) is 23.7 Å². The van der Waals surface area contributed by atoms with E-state index in [0.717, 1.165) is 5.56 Å². The molecular weight excluding hydrogens is 252 g/mol. The Morgan fingerprint density at radius 2 is 2.17 bits per heavy atom. The van der Waals surface area contributed by atoms with E-state index in [-0.39, 0.29) is 11.6 Å². The van der Waals surface area contributed by atoms with Gasteiger partial charge in [-0.25, -0.2) is 10.4 Å². The van der Waals surface area contributed by atoms with Crippen LogP contribution in [-0.4, -0.2) is 11.2 Å². The third-order valence-electron chi connectivity index (χ3n) is 2.09. The lowest BCUT2D eigenvalue weighted by molar-refractivity contribution is 0.533. The van der Waals surface area contributed by atoms with Gasteiger partial charge in [0.2, 0.25) is 5.69 Å². The number of nitrogens with one attached hydrogen (secondary N) is 1. The molecule has 1 aromatic heterocycles. The first kappa shape index (κ1) is 12.1. The summed E-state index contributed by atoms with van der Waals surface area (Å²) >= 11 is 5.76. The van der Waals surface area contributed by atoms with Crippen molar-refractivity contribution in [2.75, 3.05) is 5.43 Å². The predicted molar refractivity (Wildman–Crippen MR) is 68.6 cm³/mol. The van der Waals surface area contributed by atoms with Crippen LogP contribution in [-0.2, 0) is 0 Å². The van der Waals surface area contributed by atoms with E-state index < -0.39 is 0 Å². The highest BCUT2D eigenvalue weighted by molar-refractivity contribution is 6.30. The molecule has 0 aliphatic heterocycles. The number of nitrogens with zero attached hydrogens (tertiary/aromatic N) is 3. The molecular formula is C12H9ClN4O. The number of halogens is 1. The molecule has 0 amide bonds. The molecule has 1 heterocycles. The van der Waals surface area contributed by atoms with E-state index in [9.17, 15) is 0 Å². The van der Waals surface area contributed by atoms with Crippen LogP contribution in [0, 0.1) is 18.3 Å². The first-order chi connectivity index (χ1) is 8.69. The minimum atomic E-state index is 0.181. The van der Waals surface area contributed by atoms with Gasteiger partial charge in [0.25, 0.3) is 5.88 Å². The summed E-state index contributed by atoms with van der Waals surface area (Å²) in [6.07, 6.45) is 1.59. The van der Waals surface area contributed by atoms with Crippen LogP contribution in [0.1, 0.15) is 17.1 Å². The van der Waals surface area contributed by atoms with Crippen molar-refractivity contribution in [1.29, 1.82) is 5.26 Å². The average molecular weight is 261 g/mol. The van der Waals surface area contributed by atoms with Crippen LogP contribution in [0.2, 0.25) is 5.02 Å². The highest BCUT2D eigenvalue weighted by Gasteiger charge is 2.08. The van der Waals surface area contributed by atoms with Crippen LogP contribution >= 0.6 is 11.6 Å². The number of hydrogen-bond acceptors (Lipinski definition) is 5. The van der Waals surface area contributed by atoms with Crippen LogP contribution in [0.3, 0.4) is 0 Å². The highest BCUT2D eigenvalue weighted by Crippen LogP contribution is 2.15. The molecule has 0 aliphatic carbocycles. The molecule has 2 aromatic rings. The van der Waals surface area contributed by atoms with E-state index >= 15 is 0 Å². The first-order valence-electron chi connectivity index (χ1n) is 5.11.